The zero-order valence-corrected chi connectivity index (χ0v) is 12.3. The van der Waals surface area contributed by atoms with Crippen LogP contribution < -0.4 is 10.6 Å². The van der Waals surface area contributed by atoms with Gasteiger partial charge in [0, 0.05) is 26.5 Å². The van der Waals surface area contributed by atoms with E-state index in [4.69, 9.17) is 10.8 Å². The highest BCUT2D eigenvalue weighted by molar-refractivity contribution is 7.90. The number of benzene rings is 1. The maximum Gasteiger partial charge on any atom is 0.177 e. The van der Waals surface area contributed by atoms with Gasteiger partial charge < -0.3 is 15.7 Å². The molecule has 108 valence electrons. The molecule has 0 saturated carbocycles. The van der Waals surface area contributed by atoms with E-state index < -0.39 is 9.84 Å². The van der Waals surface area contributed by atoms with Crippen molar-refractivity contribution in [2.75, 3.05) is 37.1 Å². The van der Waals surface area contributed by atoms with Crippen LogP contribution in [-0.2, 0) is 9.84 Å². The number of nitrogens with two attached hydrogens (primary N) is 1. The van der Waals surface area contributed by atoms with E-state index in [2.05, 4.69) is 0 Å². The van der Waals surface area contributed by atoms with E-state index >= 15 is 0 Å². The summed E-state index contributed by atoms with van der Waals surface area (Å²) in [5.74, 6) is 0. The van der Waals surface area contributed by atoms with Crippen molar-refractivity contribution >= 4 is 21.2 Å². The van der Waals surface area contributed by atoms with Gasteiger partial charge in [-0.15, -0.1) is 0 Å². The Kier molecular flexibility index (Phi) is 5.62. The van der Waals surface area contributed by atoms with Crippen LogP contribution in [0.3, 0.4) is 0 Å². The fourth-order valence-corrected chi connectivity index (χ4v) is 2.78. The van der Waals surface area contributed by atoms with Gasteiger partial charge in [-0.3, -0.25) is 0 Å². The van der Waals surface area contributed by atoms with Gasteiger partial charge in [0.1, 0.15) is 0 Å². The van der Waals surface area contributed by atoms with Crippen molar-refractivity contribution in [1.29, 1.82) is 0 Å². The monoisotopic (exact) mass is 286 g/mol. The molecule has 1 aromatic carbocycles. The van der Waals surface area contributed by atoms with E-state index in [1.807, 2.05) is 18.0 Å². The molecular weight excluding hydrogens is 264 g/mol. The van der Waals surface area contributed by atoms with Crippen molar-refractivity contribution in [3.63, 3.8) is 0 Å². The van der Waals surface area contributed by atoms with E-state index in [9.17, 15) is 8.42 Å². The molecule has 1 rings (SSSR count). The molecule has 0 radical (unpaired) electrons. The van der Waals surface area contributed by atoms with Crippen molar-refractivity contribution in [2.24, 2.45) is 0 Å². The van der Waals surface area contributed by atoms with Crippen LogP contribution in [0.4, 0.5) is 11.4 Å². The summed E-state index contributed by atoms with van der Waals surface area (Å²) < 4.78 is 23.2. The molecule has 5 nitrogen and oxygen atoms in total. The summed E-state index contributed by atoms with van der Waals surface area (Å²) in [5, 5.41) is 8.72. The Morgan fingerprint density at radius 3 is 2.53 bits per heavy atom. The number of aliphatic hydroxyl groups excluding tert-OH is 1. The highest BCUT2D eigenvalue weighted by Gasteiger charge is 2.15. The Morgan fingerprint density at radius 2 is 1.95 bits per heavy atom. The Labute approximate surface area is 115 Å². The first-order valence-electron chi connectivity index (χ1n) is 6.28. The number of unbranched alkanes of at least 4 members (excludes halogenated alkanes) is 2. The van der Waals surface area contributed by atoms with E-state index in [1.54, 1.807) is 6.07 Å². The summed E-state index contributed by atoms with van der Waals surface area (Å²) in [6.07, 6.45) is 3.81. The van der Waals surface area contributed by atoms with Crippen LogP contribution in [0.5, 0.6) is 0 Å². The first-order valence-corrected chi connectivity index (χ1v) is 8.17. The number of nitrogen functional groups attached to an aromatic ring is 1. The summed E-state index contributed by atoms with van der Waals surface area (Å²) in [6.45, 7) is 0.979. The normalized spacial score (nSPS) is 11.5. The summed E-state index contributed by atoms with van der Waals surface area (Å²) in [4.78, 5) is 2.12. The molecule has 0 spiro atoms. The van der Waals surface area contributed by atoms with Gasteiger partial charge in [-0.2, -0.15) is 0 Å². The predicted molar refractivity (Wildman–Crippen MR) is 78.2 cm³/mol. The van der Waals surface area contributed by atoms with Crippen LogP contribution in [0.25, 0.3) is 0 Å². The van der Waals surface area contributed by atoms with Gasteiger partial charge in [-0.1, -0.05) is 6.07 Å². The minimum atomic E-state index is -3.30. The summed E-state index contributed by atoms with van der Waals surface area (Å²) in [7, 11) is -1.42. The maximum absolute atomic E-state index is 11.6. The second-order valence-electron chi connectivity index (χ2n) is 4.67. The summed E-state index contributed by atoms with van der Waals surface area (Å²) in [5.41, 5.74) is 6.97. The molecule has 0 saturated heterocycles. The number of sulfone groups is 1. The van der Waals surface area contributed by atoms with Gasteiger partial charge >= 0.3 is 0 Å². The lowest BCUT2D eigenvalue weighted by atomic mass is 10.2. The third kappa shape index (κ3) is 4.40. The molecule has 1 aromatic rings. The molecule has 19 heavy (non-hydrogen) atoms. The third-order valence-electron chi connectivity index (χ3n) is 3.01. The third-order valence-corrected chi connectivity index (χ3v) is 4.16. The fraction of sp³-hybridized carbons (Fsp3) is 0.538. The Hall–Kier alpha value is -1.27. The van der Waals surface area contributed by atoms with E-state index in [-0.39, 0.29) is 11.5 Å². The van der Waals surface area contributed by atoms with Gasteiger partial charge in [0.25, 0.3) is 0 Å². The number of para-hydroxylation sites is 1. The van der Waals surface area contributed by atoms with Crippen molar-refractivity contribution in [3.8, 4) is 0 Å². The molecule has 0 amide bonds. The van der Waals surface area contributed by atoms with Crippen LogP contribution >= 0.6 is 0 Å². The van der Waals surface area contributed by atoms with Crippen molar-refractivity contribution < 1.29 is 13.5 Å². The van der Waals surface area contributed by atoms with E-state index in [1.165, 1.54) is 6.07 Å². The minimum absolute atomic E-state index is 0.173. The number of nitrogens with zero attached hydrogens (tertiary/aromatic N) is 1. The molecule has 0 bridgehead atoms. The molecule has 0 fully saturated rings. The van der Waals surface area contributed by atoms with Crippen molar-refractivity contribution in [2.45, 2.75) is 24.2 Å². The van der Waals surface area contributed by atoms with Crippen LogP contribution in [0.15, 0.2) is 23.1 Å². The average molecular weight is 286 g/mol. The van der Waals surface area contributed by atoms with Crippen LogP contribution in [-0.4, -0.2) is 40.0 Å². The van der Waals surface area contributed by atoms with Gasteiger partial charge in [-0.25, -0.2) is 8.42 Å². The minimum Gasteiger partial charge on any atom is -0.396 e. The molecule has 0 aliphatic heterocycles. The van der Waals surface area contributed by atoms with Crippen LogP contribution in [0.1, 0.15) is 19.3 Å². The maximum atomic E-state index is 11.6. The first-order chi connectivity index (χ1) is 8.88. The largest absolute Gasteiger partial charge is 0.396 e. The predicted octanol–water partition coefficient (Wildman–Crippen LogP) is 1.27. The molecule has 0 aliphatic carbocycles. The van der Waals surface area contributed by atoms with Gasteiger partial charge in [0.2, 0.25) is 0 Å². The lowest BCUT2D eigenvalue weighted by Gasteiger charge is -2.22. The lowest BCUT2D eigenvalue weighted by Crippen LogP contribution is -2.20. The number of rotatable bonds is 7. The highest BCUT2D eigenvalue weighted by atomic mass is 32.2. The van der Waals surface area contributed by atoms with E-state index in [0.717, 1.165) is 37.8 Å². The zero-order valence-electron chi connectivity index (χ0n) is 11.5. The fourth-order valence-electron chi connectivity index (χ4n) is 1.95. The number of hydrogen-bond acceptors (Lipinski definition) is 5. The van der Waals surface area contributed by atoms with Gasteiger partial charge in [0.05, 0.1) is 16.3 Å². The molecule has 6 heteroatoms. The van der Waals surface area contributed by atoms with Crippen LogP contribution in [0.2, 0.25) is 0 Å². The van der Waals surface area contributed by atoms with E-state index in [0.29, 0.717) is 5.69 Å². The molecule has 0 aliphatic rings. The molecule has 0 unspecified atom stereocenters. The number of anilines is 2. The Balaban J connectivity index is 2.84. The van der Waals surface area contributed by atoms with Gasteiger partial charge in [-0.05, 0) is 31.4 Å². The Morgan fingerprint density at radius 1 is 1.26 bits per heavy atom. The quantitative estimate of drug-likeness (QED) is 0.582. The van der Waals surface area contributed by atoms with Crippen LogP contribution in [0, 0.1) is 0 Å². The second-order valence-corrected chi connectivity index (χ2v) is 6.65. The molecule has 0 heterocycles. The van der Waals surface area contributed by atoms with Crippen molar-refractivity contribution in [3.05, 3.63) is 18.2 Å². The zero-order chi connectivity index (χ0) is 14.5. The standard InChI is InChI=1S/C13H22N2O3S/c1-15(9-4-3-5-10-16)11-7-6-8-12(13(11)14)19(2,17)18/h6-8,16H,3-5,9-10,14H2,1-2H3. The average Bonchev–Trinajstić information content (AvgIpc) is 2.33. The lowest BCUT2D eigenvalue weighted by molar-refractivity contribution is 0.283. The molecule has 0 aromatic heterocycles. The topological polar surface area (TPSA) is 83.6 Å². The van der Waals surface area contributed by atoms with Gasteiger partial charge in [0.15, 0.2) is 9.84 Å². The molecule has 0 atom stereocenters. The summed E-state index contributed by atoms with van der Waals surface area (Å²) in [6, 6.07) is 5.04. The summed E-state index contributed by atoms with van der Waals surface area (Å²) >= 11 is 0. The highest BCUT2D eigenvalue weighted by Crippen LogP contribution is 2.29. The SMILES string of the molecule is CN(CCCCCO)c1cccc(S(C)(=O)=O)c1N. The smallest absolute Gasteiger partial charge is 0.177 e. The molecule has 3 N–H and O–H groups in total. The van der Waals surface area contributed by atoms with Crippen molar-refractivity contribution in [1.82, 2.24) is 0 Å². The number of hydrogen-bond donors (Lipinski definition) is 2. The first kappa shape index (κ1) is 15.8. The molecular formula is C13H22N2O3S. The number of aliphatic hydroxyl groups is 1. The Bertz CT molecular complexity index is 515. The second kappa shape index (κ2) is 6.77.